The van der Waals surface area contributed by atoms with Crippen LogP contribution in [-0.2, 0) is 10.8 Å². The average Bonchev–Trinajstić information content (AvgIpc) is 3.27. The third-order valence-electron chi connectivity index (χ3n) is 10.2. The molecule has 0 aliphatic heterocycles. The molecule has 0 bridgehead atoms. The first kappa shape index (κ1) is 32.9. The zero-order chi connectivity index (χ0) is 44.8. The minimum absolute atomic E-state index is 0.0374. The Morgan fingerprint density at radius 2 is 1.05 bits per heavy atom. The van der Waals surface area contributed by atoms with Crippen LogP contribution in [0.5, 0.6) is 0 Å². The van der Waals surface area contributed by atoms with Crippen LogP contribution in [0.1, 0.15) is 59.5 Å². The van der Waals surface area contributed by atoms with Crippen LogP contribution >= 0.6 is 15.9 Å². The molecule has 0 unspecified atom stereocenters. The number of halogens is 1. The number of hydrogen-bond donors (Lipinski definition) is 1. The van der Waals surface area contributed by atoms with E-state index >= 15 is 0 Å². The summed E-state index contributed by atoms with van der Waals surface area (Å²) in [5.41, 5.74) is 9.66. The molecule has 1 aromatic heterocycles. The first-order valence-corrected chi connectivity index (χ1v) is 20.2. The Kier molecular flexibility index (Phi) is 9.06. The van der Waals surface area contributed by atoms with E-state index in [1.54, 1.807) is 0 Å². The molecular formula is C53H47BrN4. The topological polar surface area (TPSA) is 50.7 Å². The zero-order valence-corrected chi connectivity index (χ0v) is 35.1. The maximum atomic E-state index is 9.18. The molecule has 286 valence electrons. The number of anilines is 2. The summed E-state index contributed by atoms with van der Waals surface area (Å²) in [6, 6.07) is 44.4. The van der Waals surface area contributed by atoms with Crippen LogP contribution in [0.15, 0.2) is 174 Å². The van der Waals surface area contributed by atoms with Gasteiger partial charge >= 0.3 is 0 Å². The SMILES string of the molecule is [2H]c1c([2H])c([2H])c(-c2cccc(Nc3cc(Br)cc(-c4cccc(C(C)(C)C)c4)c3)c2-c2ccc(C(C)(C)C)cc2-c2nc(-c3ccccc3)nc(-c3ccccc3)n2)c([2H])c1[2H]. The number of hydrogen-bond acceptors (Lipinski definition) is 4. The Balaban J connectivity index is 1.43. The molecule has 1 heterocycles. The van der Waals surface area contributed by atoms with Crippen molar-refractivity contribution in [3.63, 3.8) is 0 Å². The summed E-state index contributed by atoms with van der Waals surface area (Å²) in [6.07, 6.45) is 0. The summed E-state index contributed by atoms with van der Waals surface area (Å²) < 4.78 is 45.1. The van der Waals surface area contributed by atoms with Crippen LogP contribution < -0.4 is 5.32 Å². The number of rotatable bonds is 8. The Morgan fingerprint density at radius 1 is 0.466 bits per heavy atom. The quantitative estimate of drug-likeness (QED) is 0.166. The smallest absolute Gasteiger partial charge is 0.164 e. The molecule has 0 aliphatic carbocycles. The highest BCUT2D eigenvalue weighted by molar-refractivity contribution is 9.10. The number of aromatic nitrogens is 3. The Labute approximate surface area is 358 Å². The van der Waals surface area contributed by atoms with Crippen LogP contribution in [0.2, 0.25) is 0 Å². The minimum atomic E-state index is -0.455. The molecule has 0 saturated heterocycles. The van der Waals surface area contributed by atoms with Gasteiger partial charge in [-0.1, -0.05) is 197 Å². The summed E-state index contributed by atoms with van der Waals surface area (Å²) in [4.78, 5) is 15.3. The van der Waals surface area contributed by atoms with Gasteiger partial charge in [-0.15, -0.1) is 0 Å². The molecule has 0 radical (unpaired) electrons. The van der Waals surface area contributed by atoms with Crippen molar-refractivity contribution in [1.82, 2.24) is 15.0 Å². The largest absolute Gasteiger partial charge is 0.355 e. The van der Waals surface area contributed by atoms with Crippen molar-refractivity contribution in [1.29, 1.82) is 0 Å². The highest BCUT2D eigenvalue weighted by Gasteiger charge is 2.24. The Hall–Kier alpha value is -6.17. The third-order valence-corrected chi connectivity index (χ3v) is 10.6. The second-order valence-electron chi connectivity index (χ2n) is 16.5. The standard InChI is InChI=1S/C53H47BrN4/c1-52(2,3)40-25-16-24-38(30-40)39-31-42(54)34-43(32-39)55-47-27-17-26-44(35-18-10-7-11-19-35)48(47)45-29-28-41(53(4,5)6)33-46(45)51-57-49(36-20-12-8-13-21-36)56-50(58-51)37-22-14-9-15-23-37/h7-34,55H,1-6H3/i7D,10D,11D,18D,19D. The summed E-state index contributed by atoms with van der Waals surface area (Å²) in [7, 11) is 0. The lowest BCUT2D eigenvalue weighted by atomic mass is 9.82. The van der Waals surface area contributed by atoms with Crippen LogP contribution in [0, 0.1) is 0 Å². The van der Waals surface area contributed by atoms with E-state index in [-0.39, 0.29) is 28.5 Å². The zero-order valence-electron chi connectivity index (χ0n) is 38.5. The molecule has 0 aliphatic rings. The molecule has 0 atom stereocenters. The van der Waals surface area contributed by atoms with Gasteiger partial charge in [-0.25, -0.2) is 15.0 Å². The average molecular weight is 825 g/mol. The van der Waals surface area contributed by atoms with Gasteiger partial charge in [0.2, 0.25) is 0 Å². The van der Waals surface area contributed by atoms with Gasteiger partial charge < -0.3 is 5.32 Å². The third kappa shape index (κ3) is 8.41. The van der Waals surface area contributed by atoms with Crippen molar-refractivity contribution in [3.8, 4) is 67.5 Å². The molecule has 8 aromatic rings. The first-order chi connectivity index (χ1) is 30.0. The minimum Gasteiger partial charge on any atom is -0.355 e. The van der Waals surface area contributed by atoms with Crippen molar-refractivity contribution >= 4 is 27.3 Å². The summed E-state index contributed by atoms with van der Waals surface area (Å²) in [5, 5.41) is 3.72. The lowest BCUT2D eigenvalue weighted by molar-refractivity contribution is 0.590. The monoisotopic (exact) mass is 823 g/mol. The lowest BCUT2D eigenvalue weighted by Crippen LogP contribution is -2.12. The number of nitrogens with zero attached hydrogens (tertiary/aromatic N) is 3. The highest BCUT2D eigenvalue weighted by atomic mass is 79.9. The van der Waals surface area contributed by atoms with E-state index in [1.165, 1.54) is 5.56 Å². The van der Waals surface area contributed by atoms with E-state index in [2.05, 4.69) is 111 Å². The predicted molar refractivity (Wildman–Crippen MR) is 247 cm³/mol. The van der Waals surface area contributed by atoms with E-state index in [4.69, 9.17) is 19.1 Å². The Morgan fingerprint density at radius 3 is 1.69 bits per heavy atom. The lowest BCUT2D eigenvalue weighted by Gasteiger charge is -2.24. The normalized spacial score (nSPS) is 12.9. The number of benzene rings is 7. The van der Waals surface area contributed by atoms with Crippen LogP contribution in [0.4, 0.5) is 11.4 Å². The molecule has 58 heavy (non-hydrogen) atoms. The van der Waals surface area contributed by atoms with Crippen molar-refractivity contribution in [2.45, 2.75) is 52.4 Å². The van der Waals surface area contributed by atoms with Crippen molar-refractivity contribution < 1.29 is 6.85 Å². The predicted octanol–water partition coefficient (Wildman–Crippen LogP) is 15.0. The van der Waals surface area contributed by atoms with E-state index in [9.17, 15) is 2.74 Å². The fraction of sp³-hybridized carbons (Fsp3) is 0.151. The van der Waals surface area contributed by atoms with E-state index in [0.29, 0.717) is 45.4 Å². The van der Waals surface area contributed by atoms with Gasteiger partial charge in [0.1, 0.15) is 0 Å². The molecule has 0 spiro atoms. The van der Waals surface area contributed by atoms with E-state index < -0.39 is 18.1 Å². The van der Waals surface area contributed by atoms with Gasteiger partial charge in [0.05, 0.1) is 6.85 Å². The first-order valence-electron chi connectivity index (χ1n) is 21.9. The second kappa shape index (κ2) is 16.0. The highest BCUT2D eigenvalue weighted by Crippen LogP contribution is 2.45. The molecule has 8 rings (SSSR count). The molecule has 0 fully saturated rings. The molecular weight excluding hydrogens is 773 g/mol. The molecule has 0 amide bonds. The van der Waals surface area contributed by atoms with Gasteiger partial charge in [0.15, 0.2) is 17.5 Å². The van der Waals surface area contributed by atoms with Gasteiger partial charge in [0.25, 0.3) is 0 Å². The van der Waals surface area contributed by atoms with Gasteiger partial charge in [0, 0.05) is 38.1 Å². The molecule has 5 heteroatoms. The van der Waals surface area contributed by atoms with Crippen molar-refractivity contribution in [2.24, 2.45) is 0 Å². The van der Waals surface area contributed by atoms with E-state index in [1.807, 2.05) is 91.0 Å². The number of nitrogens with one attached hydrogen (secondary N) is 1. The van der Waals surface area contributed by atoms with Crippen LogP contribution in [0.25, 0.3) is 67.5 Å². The summed E-state index contributed by atoms with van der Waals surface area (Å²) in [5.74, 6) is 1.43. The fourth-order valence-electron chi connectivity index (χ4n) is 7.03. The maximum Gasteiger partial charge on any atom is 0.164 e. The second-order valence-corrected chi connectivity index (χ2v) is 17.4. The molecule has 4 nitrogen and oxygen atoms in total. The molecule has 1 N–H and O–H groups in total. The van der Waals surface area contributed by atoms with Gasteiger partial charge in [-0.2, -0.15) is 0 Å². The fourth-order valence-corrected chi connectivity index (χ4v) is 7.52. The molecule has 0 saturated carbocycles. The molecule has 7 aromatic carbocycles. The van der Waals surface area contributed by atoms with Gasteiger partial charge in [-0.3, -0.25) is 0 Å². The summed E-state index contributed by atoms with van der Waals surface area (Å²) in [6.45, 7) is 13.1. The summed E-state index contributed by atoms with van der Waals surface area (Å²) >= 11 is 3.79. The van der Waals surface area contributed by atoms with Crippen LogP contribution in [-0.4, -0.2) is 15.0 Å². The Bertz CT molecular complexity index is 2930. The van der Waals surface area contributed by atoms with Crippen molar-refractivity contribution in [3.05, 3.63) is 185 Å². The van der Waals surface area contributed by atoms with E-state index in [0.717, 1.165) is 38.0 Å². The maximum absolute atomic E-state index is 9.18. The van der Waals surface area contributed by atoms with Crippen molar-refractivity contribution in [2.75, 3.05) is 5.32 Å². The van der Waals surface area contributed by atoms with Crippen LogP contribution in [0.3, 0.4) is 0 Å². The van der Waals surface area contributed by atoms with Gasteiger partial charge in [-0.05, 0) is 80.1 Å².